The highest BCUT2D eigenvalue weighted by atomic mass is 32.1. The molecule has 0 aliphatic carbocycles. The number of benzene rings is 2. The van der Waals surface area contributed by atoms with Crippen LogP contribution in [0.3, 0.4) is 0 Å². The Labute approximate surface area is 143 Å². The van der Waals surface area contributed by atoms with Gasteiger partial charge in [0, 0.05) is 12.1 Å². The number of thiazole rings is 1. The molecule has 1 heterocycles. The number of hydrogen-bond donors (Lipinski definition) is 1. The maximum atomic E-state index is 13.6. The number of fused-ring (bicyclic) bond motifs is 1. The number of rotatable bonds is 5. The van der Waals surface area contributed by atoms with E-state index in [1.807, 2.05) is 0 Å². The predicted molar refractivity (Wildman–Crippen MR) is 86.8 cm³/mol. The third-order valence-electron chi connectivity index (χ3n) is 3.08. The number of carbonyl (C=O) groups excluding carboxylic acids is 1. The number of ether oxygens (including phenoxy) is 1. The predicted octanol–water partition coefficient (Wildman–Crippen LogP) is 3.50. The molecule has 0 aliphatic heterocycles. The quantitative estimate of drug-likeness (QED) is 0.552. The Hall–Kier alpha value is -3.14. The first-order valence-electron chi connectivity index (χ1n) is 6.85. The van der Waals surface area contributed by atoms with E-state index in [4.69, 9.17) is 4.74 Å². The largest absolute Gasteiger partial charge is 0.477 e. The molecule has 0 bridgehead atoms. The normalized spacial score (nSPS) is 10.6. The summed E-state index contributed by atoms with van der Waals surface area (Å²) in [6.07, 6.45) is 0. The summed E-state index contributed by atoms with van der Waals surface area (Å²) in [6.45, 7) is -0.502. The summed E-state index contributed by atoms with van der Waals surface area (Å²) in [7, 11) is 0. The van der Waals surface area contributed by atoms with Gasteiger partial charge >= 0.3 is 5.69 Å². The zero-order valence-electron chi connectivity index (χ0n) is 12.4. The molecule has 0 atom stereocenters. The molecule has 1 aromatic heterocycles. The Morgan fingerprint density at radius 1 is 1.32 bits per heavy atom. The number of nitro groups is 1. The van der Waals surface area contributed by atoms with E-state index in [9.17, 15) is 23.7 Å². The van der Waals surface area contributed by atoms with Crippen molar-refractivity contribution in [2.75, 3.05) is 11.9 Å². The van der Waals surface area contributed by atoms with Gasteiger partial charge in [-0.3, -0.25) is 20.2 Å². The Balaban J connectivity index is 1.69. The highest BCUT2D eigenvalue weighted by molar-refractivity contribution is 7.22. The van der Waals surface area contributed by atoms with Crippen LogP contribution < -0.4 is 10.1 Å². The van der Waals surface area contributed by atoms with Crippen molar-refractivity contribution in [3.05, 3.63) is 58.1 Å². The Morgan fingerprint density at radius 2 is 2.08 bits per heavy atom. The van der Waals surface area contributed by atoms with Crippen LogP contribution >= 0.6 is 11.3 Å². The highest BCUT2D eigenvalue weighted by Crippen LogP contribution is 2.29. The summed E-state index contributed by atoms with van der Waals surface area (Å²) >= 11 is 0.897. The van der Waals surface area contributed by atoms with E-state index in [0.717, 1.165) is 17.4 Å². The first-order chi connectivity index (χ1) is 11.9. The Morgan fingerprint density at radius 3 is 2.84 bits per heavy atom. The molecular weight excluding hydrogens is 356 g/mol. The van der Waals surface area contributed by atoms with Crippen LogP contribution in [0.15, 0.2) is 36.4 Å². The zero-order valence-corrected chi connectivity index (χ0v) is 13.2. The number of para-hydroxylation sites is 2. The molecule has 0 saturated heterocycles. The standard InChI is InChI=1S/C15H9F2N3O4S/c16-8-5-9(17)14-12(6-8)25-15(19-14)18-13(21)7-24-11-4-2-1-3-10(11)20(22)23/h1-6H,7H2,(H,18,19,21). The van der Waals surface area contributed by atoms with Gasteiger partial charge in [0.15, 0.2) is 23.3 Å². The van der Waals surface area contributed by atoms with Gasteiger partial charge in [0.2, 0.25) is 0 Å². The van der Waals surface area contributed by atoms with Crippen LogP contribution in [0, 0.1) is 21.7 Å². The molecule has 1 N–H and O–H groups in total. The molecule has 0 spiro atoms. The van der Waals surface area contributed by atoms with Gasteiger partial charge in [0.05, 0.1) is 9.62 Å². The van der Waals surface area contributed by atoms with E-state index in [0.29, 0.717) is 6.07 Å². The van der Waals surface area contributed by atoms with Crippen LogP contribution in [0.1, 0.15) is 0 Å². The van der Waals surface area contributed by atoms with Gasteiger partial charge < -0.3 is 4.74 Å². The van der Waals surface area contributed by atoms with Crippen molar-refractivity contribution in [2.24, 2.45) is 0 Å². The lowest BCUT2D eigenvalue weighted by atomic mass is 10.3. The molecule has 1 amide bonds. The summed E-state index contributed by atoms with van der Waals surface area (Å²) in [4.78, 5) is 26.0. The number of nitrogens with zero attached hydrogens (tertiary/aromatic N) is 2. The molecule has 0 saturated carbocycles. The molecule has 7 nitrogen and oxygen atoms in total. The van der Waals surface area contributed by atoms with E-state index < -0.39 is 29.1 Å². The molecule has 3 aromatic rings. The van der Waals surface area contributed by atoms with Crippen molar-refractivity contribution in [1.29, 1.82) is 0 Å². The van der Waals surface area contributed by atoms with Crippen molar-refractivity contribution in [2.45, 2.75) is 0 Å². The minimum Gasteiger partial charge on any atom is -0.477 e. The monoisotopic (exact) mass is 365 g/mol. The molecule has 10 heteroatoms. The summed E-state index contributed by atoms with van der Waals surface area (Å²) in [6, 6.07) is 7.42. The van der Waals surface area contributed by atoms with Crippen LogP contribution in [0.25, 0.3) is 10.2 Å². The van der Waals surface area contributed by atoms with Gasteiger partial charge in [-0.1, -0.05) is 23.5 Å². The molecule has 0 fully saturated rings. The van der Waals surface area contributed by atoms with E-state index in [2.05, 4.69) is 10.3 Å². The van der Waals surface area contributed by atoms with Crippen molar-refractivity contribution in [3.8, 4) is 5.75 Å². The lowest BCUT2D eigenvalue weighted by Crippen LogP contribution is -2.20. The molecule has 3 rings (SSSR count). The van der Waals surface area contributed by atoms with Crippen molar-refractivity contribution < 1.29 is 23.2 Å². The van der Waals surface area contributed by atoms with Crippen LogP contribution in [0.4, 0.5) is 19.6 Å². The molecule has 0 radical (unpaired) electrons. The van der Waals surface area contributed by atoms with Crippen LogP contribution in [-0.2, 0) is 4.79 Å². The second-order valence-corrected chi connectivity index (χ2v) is 5.85. The highest BCUT2D eigenvalue weighted by Gasteiger charge is 2.16. The number of anilines is 1. The maximum Gasteiger partial charge on any atom is 0.310 e. The van der Waals surface area contributed by atoms with E-state index in [1.54, 1.807) is 0 Å². The minimum atomic E-state index is -0.831. The van der Waals surface area contributed by atoms with Gasteiger partial charge in [0.25, 0.3) is 5.91 Å². The van der Waals surface area contributed by atoms with Crippen molar-refractivity contribution in [1.82, 2.24) is 4.98 Å². The van der Waals surface area contributed by atoms with Crippen molar-refractivity contribution >= 4 is 38.3 Å². The fourth-order valence-electron chi connectivity index (χ4n) is 2.04. The van der Waals surface area contributed by atoms with Gasteiger partial charge in [-0.25, -0.2) is 13.8 Å². The Kier molecular flexibility index (Phi) is 4.52. The maximum absolute atomic E-state index is 13.6. The summed E-state index contributed by atoms with van der Waals surface area (Å²) in [5.74, 6) is -2.27. The fraction of sp³-hybridized carbons (Fsp3) is 0.0667. The lowest BCUT2D eigenvalue weighted by molar-refractivity contribution is -0.385. The molecular formula is C15H9F2N3O4S. The third kappa shape index (κ3) is 3.69. The van der Waals surface area contributed by atoms with E-state index in [1.165, 1.54) is 24.3 Å². The lowest BCUT2D eigenvalue weighted by Gasteiger charge is -2.05. The summed E-state index contributed by atoms with van der Waals surface area (Å²) in [5.41, 5.74) is -0.325. The topological polar surface area (TPSA) is 94.4 Å². The van der Waals surface area contributed by atoms with Gasteiger partial charge in [-0.15, -0.1) is 0 Å². The first kappa shape index (κ1) is 16.7. The van der Waals surface area contributed by atoms with E-state index in [-0.39, 0.29) is 26.8 Å². The number of nitrogens with one attached hydrogen (secondary N) is 1. The summed E-state index contributed by atoms with van der Waals surface area (Å²) < 4.78 is 32.1. The van der Waals surface area contributed by atoms with Crippen LogP contribution in [-0.4, -0.2) is 22.4 Å². The number of halogens is 2. The fourth-order valence-corrected chi connectivity index (χ4v) is 2.96. The second kappa shape index (κ2) is 6.77. The number of hydrogen-bond acceptors (Lipinski definition) is 6. The number of carbonyl (C=O) groups is 1. The second-order valence-electron chi connectivity index (χ2n) is 4.82. The van der Waals surface area contributed by atoms with Crippen molar-refractivity contribution in [3.63, 3.8) is 0 Å². The number of aromatic nitrogens is 1. The number of nitro benzene ring substituents is 1. The van der Waals surface area contributed by atoms with Crippen LogP contribution in [0.5, 0.6) is 5.75 Å². The molecule has 128 valence electrons. The summed E-state index contributed by atoms with van der Waals surface area (Å²) in [5, 5.41) is 13.3. The SMILES string of the molecule is O=C(COc1ccccc1[N+](=O)[O-])Nc1nc2c(F)cc(F)cc2s1. The smallest absolute Gasteiger partial charge is 0.310 e. The average Bonchev–Trinajstić information content (AvgIpc) is 2.95. The average molecular weight is 365 g/mol. The van der Waals surface area contributed by atoms with Gasteiger partial charge in [0.1, 0.15) is 11.3 Å². The molecule has 0 unspecified atom stereocenters. The van der Waals surface area contributed by atoms with Gasteiger partial charge in [-0.05, 0) is 12.1 Å². The first-order valence-corrected chi connectivity index (χ1v) is 7.67. The molecule has 0 aliphatic rings. The van der Waals surface area contributed by atoms with E-state index >= 15 is 0 Å². The number of amides is 1. The Bertz CT molecular complexity index is 977. The van der Waals surface area contributed by atoms with Gasteiger partial charge in [-0.2, -0.15) is 0 Å². The zero-order chi connectivity index (χ0) is 18.0. The minimum absolute atomic E-state index is 0.0543. The molecule has 25 heavy (non-hydrogen) atoms. The third-order valence-corrected chi connectivity index (χ3v) is 4.00. The van der Waals surface area contributed by atoms with Crippen LogP contribution in [0.2, 0.25) is 0 Å². The molecule has 2 aromatic carbocycles.